The number of anilines is 1. The average Bonchev–Trinajstić information content (AvgIpc) is 2.84. The molecule has 0 aliphatic carbocycles. The lowest BCUT2D eigenvalue weighted by atomic mass is 10.2. The first-order valence-corrected chi connectivity index (χ1v) is 5.92. The van der Waals surface area contributed by atoms with Gasteiger partial charge < -0.3 is 10.1 Å². The van der Waals surface area contributed by atoms with E-state index in [-0.39, 0.29) is 23.8 Å². The SMILES string of the molecule is COc1ccc(F)c(CNC(=O)Nc2ncn(C)n2)c1F. The van der Waals surface area contributed by atoms with Crippen LogP contribution in [0.3, 0.4) is 0 Å². The molecule has 2 amide bonds. The summed E-state index contributed by atoms with van der Waals surface area (Å²) in [6, 6.07) is 1.56. The fraction of sp³-hybridized carbons (Fsp3) is 0.250. The number of carbonyl (C=O) groups is 1. The van der Waals surface area contributed by atoms with Gasteiger partial charge in [-0.05, 0) is 12.1 Å². The van der Waals surface area contributed by atoms with E-state index in [9.17, 15) is 13.6 Å². The van der Waals surface area contributed by atoms with Crippen LogP contribution in [0.15, 0.2) is 18.5 Å². The Labute approximate surface area is 118 Å². The number of halogens is 2. The van der Waals surface area contributed by atoms with E-state index in [1.807, 2.05) is 0 Å². The Morgan fingerprint density at radius 1 is 1.43 bits per heavy atom. The van der Waals surface area contributed by atoms with Crippen molar-refractivity contribution < 1.29 is 18.3 Å². The lowest BCUT2D eigenvalue weighted by Gasteiger charge is -2.10. The maximum atomic E-state index is 13.8. The third-order valence-corrected chi connectivity index (χ3v) is 2.62. The van der Waals surface area contributed by atoms with Gasteiger partial charge in [-0.15, -0.1) is 5.10 Å². The molecular weight excluding hydrogens is 284 g/mol. The van der Waals surface area contributed by atoms with Crippen molar-refractivity contribution in [2.24, 2.45) is 7.05 Å². The molecule has 2 rings (SSSR count). The van der Waals surface area contributed by atoms with Crippen LogP contribution in [0.25, 0.3) is 0 Å². The lowest BCUT2D eigenvalue weighted by Crippen LogP contribution is -2.29. The third-order valence-electron chi connectivity index (χ3n) is 2.62. The highest BCUT2D eigenvalue weighted by Crippen LogP contribution is 2.22. The summed E-state index contributed by atoms with van der Waals surface area (Å²) in [5.41, 5.74) is -0.293. The van der Waals surface area contributed by atoms with E-state index in [2.05, 4.69) is 20.7 Å². The van der Waals surface area contributed by atoms with Crippen molar-refractivity contribution in [3.63, 3.8) is 0 Å². The van der Waals surface area contributed by atoms with Crippen molar-refractivity contribution in [2.75, 3.05) is 12.4 Å². The molecule has 1 aromatic heterocycles. The van der Waals surface area contributed by atoms with E-state index >= 15 is 0 Å². The van der Waals surface area contributed by atoms with Crippen LogP contribution in [-0.2, 0) is 13.6 Å². The molecule has 0 aliphatic rings. The van der Waals surface area contributed by atoms with Gasteiger partial charge in [0.1, 0.15) is 12.1 Å². The minimum absolute atomic E-state index is 0.0848. The van der Waals surface area contributed by atoms with Crippen LogP contribution < -0.4 is 15.4 Å². The van der Waals surface area contributed by atoms with Gasteiger partial charge in [0.15, 0.2) is 11.6 Å². The zero-order valence-corrected chi connectivity index (χ0v) is 11.4. The molecule has 0 aliphatic heterocycles. The van der Waals surface area contributed by atoms with Crippen molar-refractivity contribution >= 4 is 12.0 Å². The molecule has 9 heteroatoms. The number of nitrogens with zero attached hydrogens (tertiary/aromatic N) is 3. The largest absolute Gasteiger partial charge is 0.494 e. The van der Waals surface area contributed by atoms with Gasteiger partial charge in [-0.25, -0.2) is 18.6 Å². The number of ether oxygens (including phenoxy) is 1. The number of carbonyl (C=O) groups excluding carboxylic acids is 1. The molecule has 0 unspecified atom stereocenters. The standard InChI is InChI=1S/C12H13F2N5O2/c1-19-6-16-11(18-19)17-12(20)15-5-7-8(13)3-4-9(21-2)10(7)14/h3-4,6H,5H2,1-2H3,(H2,15,17,18,20). The van der Waals surface area contributed by atoms with Crippen LogP contribution in [0, 0.1) is 11.6 Å². The van der Waals surface area contributed by atoms with Gasteiger partial charge in [0.2, 0.25) is 5.95 Å². The summed E-state index contributed by atoms with van der Waals surface area (Å²) < 4.78 is 33.6. The van der Waals surface area contributed by atoms with Crippen LogP contribution in [0.5, 0.6) is 5.75 Å². The van der Waals surface area contributed by atoms with Crippen molar-refractivity contribution in [3.05, 3.63) is 35.7 Å². The minimum atomic E-state index is -0.853. The van der Waals surface area contributed by atoms with Gasteiger partial charge in [-0.2, -0.15) is 0 Å². The lowest BCUT2D eigenvalue weighted by molar-refractivity contribution is 0.251. The number of amides is 2. The summed E-state index contributed by atoms with van der Waals surface area (Å²) in [6.07, 6.45) is 1.40. The third kappa shape index (κ3) is 3.44. The van der Waals surface area contributed by atoms with Crippen LogP contribution in [-0.4, -0.2) is 27.9 Å². The van der Waals surface area contributed by atoms with Gasteiger partial charge >= 0.3 is 6.03 Å². The second-order valence-corrected chi connectivity index (χ2v) is 4.09. The monoisotopic (exact) mass is 297 g/mol. The number of aromatic nitrogens is 3. The summed E-state index contributed by atoms with van der Waals surface area (Å²) in [6.45, 7) is -0.340. The maximum Gasteiger partial charge on any atom is 0.321 e. The maximum absolute atomic E-state index is 13.8. The number of hydrogen-bond acceptors (Lipinski definition) is 4. The van der Waals surface area contributed by atoms with Gasteiger partial charge in [0.05, 0.1) is 13.7 Å². The van der Waals surface area contributed by atoms with Gasteiger partial charge in [-0.1, -0.05) is 0 Å². The summed E-state index contributed by atoms with van der Waals surface area (Å²) in [7, 11) is 2.91. The first kappa shape index (κ1) is 14.7. The van der Waals surface area contributed by atoms with E-state index in [1.54, 1.807) is 7.05 Å². The highest BCUT2D eigenvalue weighted by molar-refractivity contribution is 5.87. The molecule has 7 nitrogen and oxygen atoms in total. The zero-order valence-electron chi connectivity index (χ0n) is 11.4. The van der Waals surface area contributed by atoms with Crippen molar-refractivity contribution in [1.82, 2.24) is 20.1 Å². The number of aryl methyl sites for hydroxylation is 1. The molecule has 1 heterocycles. The quantitative estimate of drug-likeness (QED) is 0.894. The smallest absolute Gasteiger partial charge is 0.321 e. The molecule has 0 radical (unpaired) electrons. The molecule has 0 saturated heterocycles. The normalized spacial score (nSPS) is 10.3. The minimum Gasteiger partial charge on any atom is -0.494 e. The highest BCUT2D eigenvalue weighted by atomic mass is 19.1. The van der Waals surface area contributed by atoms with E-state index in [1.165, 1.54) is 24.2 Å². The van der Waals surface area contributed by atoms with E-state index in [0.717, 1.165) is 6.07 Å². The second-order valence-electron chi connectivity index (χ2n) is 4.09. The molecule has 2 N–H and O–H groups in total. The molecule has 0 saturated carbocycles. The van der Waals surface area contributed by atoms with E-state index < -0.39 is 17.7 Å². The van der Waals surface area contributed by atoms with Gasteiger partial charge in [-0.3, -0.25) is 10.00 Å². The Hall–Kier alpha value is -2.71. The molecule has 2 aromatic rings. The molecule has 0 bridgehead atoms. The summed E-state index contributed by atoms with van der Waals surface area (Å²) in [4.78, 5) is 15.4. The van der Waals surface area contributed by atoms with Crippen molar-refractivity contribution in [2.45, 2.75) is 6.54 Å². The zero-order chi connectivity index (χ0) is 15.4. The Morgan fingerprint density at radius 3 is 2.81 bits per heavy atom. The predicted octanol–water partition coefficient (Wildman–Crippen LogP) is 1.42. The Kier molecular flexibility index (Phi) is 4.31. The van der Waals surface area contributed by atoms with Crippen LogP contribution in [0.4, 0.5) is 19.5 Å². The average molecular weight is 297 g/mol. The molecule has 21 heavy (non-hydrogen) atoms. The number of urea groups is 1. The Bertz CT molecular complexity index is 659. The number of benzene rings is 1. The molecule has 1 aromatic carbocycles. The number of rotatable bonds is 4. The van der Waals surface area contributed by atoms with E-state index in [4.69, 9.17) is 4.74 Å². The van der Waals surface area contributed by atoms with Crippen molar-refractivity contribution in [1.29, 1.82) is 0 Å². The number of hydrogen-bond donors (Lipinski definition) is 2. The highest BCUT2D eigenvalue weighted by Gasteiger charge is 2.15. The molecule has 0 spiro atoms. The topological polar surface area (TPSA) is 81.1 Å². The molecule has 0 fully saturated rings. The second kappa shape index (κ2) is 6.16. The Morgan fingerprint density at radius 2 is 2.19 bits per heavy atom. The Balaban J connectivity index is 2.01. The fourth-order valence-electron chi connectivity index (χ4n) is 1.61. The summed E-state index contributed by atoms with van der Waals surface area (Å²) >= 11 is 0. The summed E-state index contributed by atoms with van der Waals surface area (Å²) in [5.74, 6) is -1.64. The van der Waals surface area contributed by atoms with Gasteiger partial charge in [0.25, 0.3) is 0 Å². The predicted molar refractivity (Wildman–Crippen MR) is 69.8 cm³/mol. The number of nitrogens with one attached hydrogen (secondary N) is 2. The molecule has 0 atom stereocenters. The molecule has 112 valence electrons. The molecular formula is C12H13F2N5O2. The first-order valence-electron chi connectivity index (χ1n) is 5.92. The first-order chi connectivity index (χ1) is 10.0. The van der Waals surface area contributed by atoms with Crippen molar-refractivity contribution in [3.8, 4) is 5.75 Å². The van der Waals surface area contributed by atoms with Gasteiger partial charge in [0, 0.05) is 12.6 Å². The van der Waals surface area contributed by atoms with E-state index in [0.29, 0.717) is 0 Å². The summed E-state index contributed by atoms with van der Waals surface area (Å²) in [5, 5.41) is 8.48. The van der Waals surface area contributed by atoms with Crippen LogP contribution in [0.2, 0.25) is 0 Å². The van der Waals surface area contributed by atoms with Crippen LogP contribution >= 0.6 is 0 Å². The number of methoxy groups -OCH3 is 1. The fourth-order valence-corrected chi connectivity index (χ4v) is 1.61. The van der Waals surface area contributed by atoms with Crippen LogP contribution in [0.1, 0.15) is 5.56 Å².